The van der Waals surface area contributed by atoms with Gasteiger partial charge in [-0.2, -0.15) is 18.3 Å². The molecule has 150 valence electrons. The van der Waals surface area contributed by atoms with Crippen LogP contribution in [0.1, 0.15) is 41.0 Å². The van der Waals surface area contributed by atoms with Gasteiger partial charge in [-0.25, -0.2) is 4.98 Å². The summed E-state index contributed by atoms with van der Waals surface area (Å²) < 4.78 is 38.7. The molecular weight excluding hydrogens is 383 g/mol. The van der Waals surface area contributed by atoms with E-state index in [-0.39, 0.29) is 25.3 Å². The van der Waals surface area contributed by atoms with Crippen molar-refractivity contribution in [3.05, 3.63) is 59.8 Å². The fourth-order valence-electron chi connectivity index (χ4n) is 3.50. The van der Waals surface area contributed by atoms with Crippen LogP contribution in [0.15, 0.2) is 42.9 Å². The minimum atomic E-state index is -4.16. The molecule has 4 rings (SSSR count). The number of hydrogen-bond acceptors (Lipinski definition) is 4. The molecule has 3 aromatic rings. The minimum absolute atomic E-state index is 0.0169. The molecule has 1 aliphatic carbocycles. The number of nitrogens with one attached hydrogen (secondary N) is 2. The Balaban J connectivity index is 1.55. The van der Waals surface area contributed by atoms with Crippen molar-refractivity contribution < 1.29 is 18.0 Å². The van der Waals surface area contributed by atoms with E-state index in [0.717, 1.165) is 16.5 Å². The first-order valence-electron chi connectivity index (χ1n) is 9.19. The topological polar surface area (TPSA) is 83.6 Å². The van der Waals surface area contributed by atoms with Gasteiger partial charge in [0.25, 0.3) is 5.91 Å². The number of amides is 1. The van der Waals surface area contributed by atoms with Gasteiger partial charge in [0.2, 0.25) is 0 Å². The van der Waals surface area contributed by atoms with Gasteiger partial charge in [0.1, 0.15) is 6.33 Å². The highest BCUT2D eigenvalue weighted by Gasteiger charge is 2.39. The van der Waals surface area contributed by atoms with E-state index in [2.05, 4.69) is 25.5 Å². The molecule has 2 aromatic heterocycles. The number of carbonyl (C=O) groups is 1. The third-order valence-electron chi connectivity index (χ3n) is 5.06. The molecule has 2 heterocycles. The summed E-state index contributed by atoms with van der Waals surface area (Å²) in [6.45, 7) is 0.188. The number of hydrogen-bond donors (Lipinski definition) is 2. The van der Waals surface area contributed by atoms with Crippen LogP contribution in [0, 0.1) is 5.92 Å². The number of halogens is 3. The van der Waals surface area contributed by atoms with Gasteiger partial charge in [-0.05, 0) is 30.9 Å². The monoisotopic (exact) mass is 401 g/mol. The van der Waals surface area contributed by atoms with Crippen molar-refractivity contribution in [1.29, 1.82) is 0 Å². The lowest BCUT2D eigenvalue weighted by Gasteiger charge is -2.24. The zero-order valence-corrected chi connectivity index (χ0v) is 15.3. The molecule has 29 heavy (non-hydrogen) atoms. The number of nitrogens with zero attached hydrogens (tertiary/aromatic N) is 3. The molecule has 6 nitrogen and oxygen atoms in total. The maximum atomic E-state index is 12.9. The molecule has 0 aliphatic heterocycles. The lowest BCUT2D eigenvalue weighted by molar-refractivity contribution is -0.175. The summed E-state index contributed by atoms with van der Waals surface area (Å²) in [5.74, 6) is -1.12. The number of H-pyrrole nitrogens is 1. The van der Waals surface area contributed by atoms with Gasteiger partial charge in [-0.3, -0.25) is 14.9 Å². The number of pyridine rings is 1. The molecule has 2 N–H and O–H groups in total. The van der Waals surface area contributed by atoms with Crippen molar-refractivity contribution in [2.24, 2.45) is 5.92 Å². The molecule has 1 atom stereocenters. The summed E-state index contributed by atoms with van der Waals surface area (Å²) in [5, 5.41) is 9.92. The van der Waals surface area contributed by atoms with Gasteiger partial charge in [-0.1, -0.05) is 24.3 Å². The van der Waals surface area contributed by atoms with E-state index in [9.17, 15) is 18.0 Å². The van der Waals surface area contributed by atoms with Gasteiger partial charge < -0.3 is 5.32 Å². The Labute approximate surface area is 164 Å². The smallest absolute Gasteiger partial charge is 0.345 e. The molecule has 9 heteroatoms. The lowest BCUT2D eigenvalue weighted by Crippen LogP contribution is -2.24. The summed E-state index contributed by atoms with van der Waals surface area (Å²) in [6.07, 6.45) is 0.815. The number of aromatic amines is 1. The zero-order valence-electron chi connectivity index (χ0n) is 15.3. The van der Waals surface area contributed by atoms with E-state index < -0.39 is 12.1 Å². The number of para-hydroxylation sites is 1. The van der Waals surface area contributed by atoms with Crippen LogP contribution in [0.3, 0.4) is 0 Å². The molecule has 1 unspecified atom stereocenters. The van der Waals surface area contributed by atoms with E-state index >= 15 is 0 Å². The Morgan fingerprint density at radius 1 is 1.28 bits per heavy atom. The maximum absolute atomic E-state index is 12.9. The standard InChI is InChI=1S/C20H18F3N5O/c21-20(22,23)15-6-4-12(5-7-15)16-3-1-2-13-8-14(9-24-18(13)16)19(29)25-10-17-26-11-27-28-17/h1-4,8-9,11,15H,5-7,10H2,(H,25,29)(H,26,27,28). The molecule has 0 fully saturated rings. The van der Waals surface area contributed by atoms with E-state index in [1.807, 2.05) is 18.2 Å². The predicted octanol–water partition coefficient (Wildman–Crippen LogP) is 4.03. The van der Waals surface area contributed by atoms with E-state index in [0.29, 0.717) is 23.3 Å². The summed E-state index contributed by atoms with van der Waals surface area (Å²) in [4.78, 5) is 20.7. The molecular formula is C20H18F3N5O. The van der Waals surface area contributed by atoms with Crippen molar-refractivity contribution in [2.75, 3.05) is 0 Å². The summed E-state index contributed by atoms with van der Waals surface area (Å²) >= 11 is 0. The van der Waals surface area contributed by atoms with Gasteiger partial charge in [0.15, 0.2) is 5.82 Å². The van der Waals surface area contributed by atoms with Crippen LogP contribution in [-0.4, -0.2) is 32.2 Å². The Morgan fingerprint density at radius 2 is 2.14 bits per heavy atom. The van der Waals surface area contributed by atoms with Crippen LogP contribution in [0.25, 0.3) is 16.5 Å². The SMILES string of the molecule is O=C(NCc1nc[nH]n1)c1cnc2c(C3=CCC(C(F)(F)F)CC3)cccc2c1. The van der Waals surface area contributed by atoms with E-state index in [1.165, 1.54) is 12.5 Å². The first-order valence-corrected chi connectivity index (χ1v) is 9.19. The Bertz CT molecular complexity index is 1060. The summed E-state index contributed by atoms with van der Waals surface area (Å²) in [6, 6.07) is 7.24. The molecule has 0 saturated carbocycles. The Morgan fingerprint density at radius 3 is 2.83 bits per heavy atom. The maximum Gasteiger partial charge on any atom is 0.392 e. The van der Waals surface area contributed by atoms with Crippen molar-refractivity contribution in [3.8, 4) is 0 Å². The third kappa shape index (κ3) is 4.13. The van der Waals surface area contributed by atoms with Crippen LogP contribution in [0.5, 0.6) is 0 Å². The van der Waals surface area contributed by atoms with E-state index in [1.54, 1.807) is 12.1 Å². The molecule has 1 aromatic carbocycles. The number of benzene rings is 1. The Kier molecular flexibility index (Phi) is 5.04. The highest BCUT2D eigenvalue weighted by atomic mass is 19.4. The second-order valence-electron chi connectivity index (χ2n) is 6.94. The quantitative estimate of drug-likeness (QED) is 0.692. The van der Waals surface area contributed by atoms with Crippen LogP contribution in [0.4, 0.5) is 13.2 Å². The van der Waals surface area contributed by atoms with Crippen molar-refractivity contribution in [3.63, 3.8) is 0 Å². The number of allylic oxidation sites excluding steroid dienone is 2. The largest absolute Gasteiger partial charge is 0.392 e. The van der Waals surface area contributed by atoms with Crippen molar-refractivity contribution in [2.45, 2.75) is 32.0 Å². The van der Waals surface area contributed by atoms with Gasteiger partial charge in [0, 0.05) is 17.1 Å². The number of fused-ring (bicyclic) bond motifs is 1. The first kappa shape index (κ1) is 19.1. The predicted molar refractivity (Wildman–Crippen MR) is 101 cm³/mol. The number of aromatic nitrogens is 4. The summed E-state index contributed by atoms with van der Waals surface area (Å²) in [5.41, 5.74) is 2.75. The lowest BCUT2D eigenvalue weighted by atomic mass is 9.85. The fraction of sp³-hybridized carbons (Fsp3) is 0.300. The minimum Gasteiger partial charge on any atom is -0.345 e. The number of rotatable bonds is 4. The second kappa shape index (κ2) is 7.65. The molecule has 0 radical (unpaired) electrons. The number of carbonyl (C=O) groups excluding carboxylic acids is 1. The van der Waals surface area contributed by atoms with Gasteiger partial charge in [0.05, 0.1) is 23.5 Å². The second-order valence-corrected chi connectivity index (χ2v) is 6.94. The zero-order chi connectivity index (χ0) is 20.4. The van der Waals surface area contributed by atoms with Gasteiger partial charge >= 0.3 is 6.18 Å². The molecule has 0 saturated heterocycles. The fourth-order valence-corrected chi connectivity index (χ4v) is 3.50. The highest BCUT2D eigenvalue weighted by molar-refractivity contribution is 5.99. The first-order chi connectivity index (χ1) is 13.9. The average Bonchev–Trinajstić information content (AvgIpc) is 3.24. The van der Waals surface area contributed by atoms with Crippen LogP contribution < -0.4 is 5.32 Å². The molecule has 1 aliphatic rings. The van der Waals surface area contributed by atoms with Gasteiger partial charge in [-0.15, -0.1) is 0 Å². The van der Waals surface area contributed by atoms with Crippen molar-refractivity contribution in [1.82, 2.24) is 25.5 Å². The molecule has 0 bridgehead atoms. The van der Waals surface area contributed by atoms with E-state index in [4.69, 9.17) is 0 Å². The normalized spacial score (nSPS) is 17.2. The highest BCUT2D eigenvalue weighted by Crippen LogP contribution is 2.40. The molecule has 1 amide bonds. The third-order valence-corrected chi connectivity index (χ3v) is 5.06. The summed E-state index contributed by atoms with van der Waals surface area (Å²) in [7, 11) is 0. The average molecular weight is 401 g/mol. The van der Waals surface area contributed by atoms with Crippen LogP contribution in [0.2, 0.25) is 0 Å². The Hall–Kier alpha value is -3.23. The van der Waals surface area contributed by atoms with Crippen LogP contribution in [-0.2, 0) is 6.54 Å². The number of alkyl halides is 3. The molecule has 0 spiro atoms. The van der Waals surface area contributed by atoms with Crippen molar-refractivity contribution >= 4 is 22.4 Å². The van der Waals surface area contributed by atoms with Crippen LogP contribution >= 0.6 is 0 Å².